The minimum absolute atomic E-state index is 0. The average molecular weight is 418 g/mol. The van der Waals surface area contributed by atoms with Crippen LogP contribution in [0.4, 0.5) is 5.82 Å². The predicted molar refractivity (Wildman–Crippen MR) is 105 cm³/mol. The van der Waals surface area contributed by atoms with Crippen LogP contribution in [-0.2, 0) is 11.3 Å². The van der Waals surface area contributed by atoms with E-state index in [0.29, 0.717) is 34.6 Å². The Morgan fingerprint density at radius 1 is 1.26 bits per heavy atom. The van der Waals surface area contributed by atoms with E-state index in [4.69, 9.17) is 9.47 Å². The largest absolute Gasteiger partial charge is 0.760 e. The lowest BCUT2D eigenvalue weighted by atomic mass is 9.97. The number of halogens is 1. The van der Waals surface area contributed by atoms with Crippen molar-refractivity contribution in [2.45, 2.75) is 12.8 Å². The lowest BCUT2D eigenvalue weighted by Crippen LogP contribution is -2.38. The first-order valence-electron chi connectivity index (χ1n) is 8.25. The molecule has 11 heteroatoms. The standard InChI is InChI=1S/C16H22N4O5S.ClH/c1-24-13-7-11-12(8-14(13)25-2)16(21)19-18-15(11)20-5-3-10(4-6-20)9-17-26(22)23;/h7-8,10,17H,3-6,9H2,1-2H3,(H,19,21)(H,22,23);1H/p-1. The molecule has 9 nitrogen and oxygen atoms in total. The van der Waals surface area contributed by atoms with Crippen molar-refractivity contribution in [1.29, 1.82) is 0 Å². The van der Waals surface area contributed by atoms with Crippen LogP contribution in [0.15, 0.2) is 16.9 Å². The van der Waals surface area contributed by atoms with Crippen LogP contribution in [0.25, 0.3) is 10.8 Å². The maximum atomic E-state index is 12.2. The monoisotopic (exact) mass is 417 g/mol. The summed E-state index contributed by atoms with van der Waals surface area (Å²) >= 11 is -2.23. The topological polar surface area (TPSA) is 120 Å². The number of hydrogen-bond donors (Lipinski definition) is 2. The van der Waals surface area contributed by atoms with Crippen molar-refractivity contribution < 1.29 is 18.2 Å². The summed E-state index contributed by atoms with van der Waals surface area (Å²) in [6.45, 7) is 1.88. The van der Waals surface area contributed by atoms with Crippen LogP contribution in [-0.4, -0.2) is 52.8 Å². The molecule has 0 saturated carbocycles. The molecule has 0 radical (unpaired) electrons. The van der Waals surface area contributed by atoms with E-state index in [2.05, 4.69) is 19.8 Å². The zero-order chi connectivity index (χ0) is 18.7. The molecule has 1 aliphatic rings. The Morgan fingerprint density at radius 3 is 2.41 bits per heavy atom. The van der Waals surface area contributed by atoms with Crippen molar-refractivity contribution >= 4 is 40.3 Å². The molecule has 1 fully saturated rings. The van der Waals surface area contributed by atoms with E-state index in [0.717, 1.165) is 25.9 Å². The fourth-order valence-corrected chi connectivity index (χ4v) is 3.62. The molecule has 0 amide bonds. The molecule has 3 rings (SSSR count). The zero-order valence-electron chi connectivity index (χ0n) is 15.0. The number of aromatic nitrogens is 2. The number of rotatable bonds is 6. The molecule has 150 valence electrons. The van der Waals surface area contributed by atoms with Crippen molar-refractivity contribution in [3.05, 3.63) is 22.5 Å². The molecule has 2 heterocycles. The van der Waals surface area contributed by atoms with E-state index in [1.54, 1.807) is 19.2 Å². The van der Waals surface area contributed by atoms with Gasteiger partial charge in [0.05, 0.1) is 19.6 Å². The summed E-state index contributed by atoms with van der Waals surface area (Å²) in [5.74, 6) is 1.98. The lowest BCUT2D eigenvalue weighted by molar-refractivity contribution is 0.356. The number of fused-ring (bicyclic) bond motifs is 1. The number of benzene rings is 1. The number of anilines is 1. The second-order valence-corrected chi connectivity index (χ2v) is 6.90. The maximum absolute atomic E-state index is 12.2. The van der Waals surface area contributed by atoms with Crippen molar-refractivity contribution in [2.24, 2.45) is 5.92 Å². The SMILES string of the molecule is COc1cc2c(N3CCC(CNS(=O)[O-])CC3)n[nH]c(=O)c2cc1OC.Cl. The van der Waals surface area contributed by atoms with Gasteiger partial charge in [0.25, 0.3) is 5.56 Å². The smallest absolute Gasteiger partial charge is 0.272 e. The van der Waals surface area contributed by atoms with Crippen LogP contribution in [0.2, 0.25) is 0 Å². The summed E-state index contributed by atoms with van der Waals surface area (Å²) in [4.78, 5) is 14.3. The number of methoxy groups -OCH3 is 2. The molecule has 1 aliphatic heterocycles. The van der Waals surface area contributed by atoms with Gasteiger partial charge in [-0.15, -0.1) is 12.4 Å². The van der Waals surface area contributed by atoms with Crippen LogP contribution >= 0.6 is 12.4 Å². The van der Waals surface area contributed by atoms with Gasteiger partial charge in [0.2, 0.25) is 0 Å². The highest BCUT2D eigenvalue weighted by Crippen LogP contribution is 2.35. The van der Waals surface area contributed by atoms with Gasteiger partial charge in [0.15, 0.2) is 17.3 Å². The Kier molecular flexibility index (Phi) is 7.42. The zero-order valence-corrected chi connectivity index (χ0v) is 16.7. The molecular weight excluding hydrogens is 396 g/mol. The highest BCUT2D eigenvalue weighted by molar-refractivity contribution is 7.77. The van der Waals surface area contributed by atoms with Crippen LogP contribution in [0.1, 0.15) is 12.8 Å². The van der Waals surface area contributed by atoms with Gasteiger partial charge in [-0.1, -0.05) is 0 Å². The van der Waals surface area contributed by atoms with Gasteiger partial charge in [-0.05, 0) is 30.9 Å². The van der Waals surface area contributed by atoms with Gasteiger partial charge in [-0.2, -0.15) is 5.10 Å². The number of piperidine rings is 1. The summed E-state index contributed by atoms with van der Waals surface area (Å²) in [6.07, 6.45) is 1.67. The first kappa shape index (κ1) is 21.4. The van der Waals surface area contributed by atoms with E-state index in [-0.39, 0.29) is 23.9 Å². The van der Waals surface area contributed by atoms with E-state index < -0.39 is 11.3 Å². The summed E-state index contributed by atoms with van der Waals surface area (Å²) in [5, 5.41) is 7.96. The third-order valence-electron chi connectivity index (χ3n) is 4.68. The number of aromatic amines is 1. The predicted octanol–water partition coefficient (Wildman–Crippen LogP) is 0.962. The van der Waals surface area contributed by atoms with Gasteiger partial charge in [0, 0.05) is 36.3 Å². The minimum Gasteiger partial charge on any atom is -0.760 e. The molecule has 1 atom stereocenters. The van der Waals surface area contributed by atoms with E-state index in [1.807, 2.05) is 0 Å². The first-order chi connectivity index (χ1) is 12.5. The van der Waals surface area contributed by atoms with Gasteiger partial charge in [-0.25, -0.2) is 9.82 Å². The van der Waals surface area contributed by atoms with E-state index in [1.165, 1.54) is 7.11 Å². The third-order valence-corrected chi connectivity index (χ3v) is 5.08. The fraction of sp³-hybridized carbons (Fsp3) is 0.500. The Bertz CT molecular complexity index is 870. The van der Waals surface area contributed by atoms with Gasteiger partial charge in [-0.3, -0.25) is 9.00 Å². The number of hydrogen-bond acceptors (Lipinski definition) is 7. The Labute approximate surface area is 165 Å². The van der Waals surface area contributed by atoms with Gasteiger partial charge in [0.1, 0.15) is 0 Å². The first-order valence-corrected chi connectivity index (χ1v) is 9.33. The van der Waals surface area contributed by atoms with Gasteiger partial charge < -0.3 is 18.9 Å². The number of nitrogens with zero attached hydrogens (tertiary/aromatic N) is 2. The number of H-pyrrole nitrogens is 1. The maximum Gasteiger partial charge on any atom is 0.272 e. The normalized spacial score (nSPS) is 16.0. The van der Waals surface area contributed by atoms with Crippen LogP contribution in [0, 0.1) is 5.92 Å². The number of ether oxygens (including phenoxy) is 2. The highest BCUT2D eigenvalue weighted by Gasteiger charge is 2.23. The quantitative estimate of drug-likeness (QED) is 0.671. The van der Waals surface area contributed by atoms with Crippen LogP contribution < -0.4 is 24.7 Å². The summed E-state index contributed by atoms with van der Waals surface area (Å²) in [5.41, 5.74) is -0.290. The second kappa shape index (κ2) is 9.36. The molecule has 1 unspecified atom stereocenters. The molecule has 1 aromatic heterocycles. The van der Waals surface area contributed by atoms with E-state index in [9.17, 15) is 13.6 Å². The molecular formula is C16H22ClN4O5S-. The molecule has 2 aromatic rings. The summed E-state index contributed by atoms with van der Waals surface area (Å²) in [6, 6.07) is 3.42. The van der Waals surface area contributed by atoms with Crippen molar-refractivity contribution in [3.63, 3.8) is 0 Å². The third kappa shape index (κ3) is 4.70. The van der Waals surface area contributed by atoms with Gasteiger partial charge >= 0.3 is 0 Å². The van der Waals surface area contributed by atoms with Crippen molar-refractivity contribution in [2.75, 3.05) is 38.8 Å². The van der Waals surface area contributed by atoms with Crippen molar-refractivity contribution in [1.82, 2.24) is 14.9 Å². The summed E-state index contributed by atoms with van der Waals surface area (Å²) in [7, 11) is 3.07. The average Bonchev–Trinajstić information content (AvgIpc) is 2.66. The molecule has 27 heavy (non-hydrogen) atoms. The molecule has 1 saturated heterocycles. The minimum atomic E-state index is -2.23. The Balaban J connectivity index is 0.00000261. The second-order valence-electron chi connectivity index (χ2n) is 6.14. The Hall–Kier alpha value is -1.88. The number of nitrogens with one attached hydrogen (secondary N) is 2. The Morgan fingerprint density at radius 2 is 1.85 bits per heavy atom. The molecule has 0 bridgehead atoms. The van der Waals surface area contributed by atoms with Crippen LogP contribution in [0.5, 0.6) is 11.5 Å². The fourth-order valence-electron chi connectivity index (χ4n) is 3.25. The lowest BCUT2D eigenvalue weighted by Gasteiger charge is -2.33. The molecule has 1 aromatic carbocycles. The molecule has 0 aliphatic carbocycles. The van der Waals surface area contributed by atoms with E-state index >= 15 is 0 Å². The molecule has 2 N–H and O–H groups in total. The van der Waals surface area contributed by atoms with Crippen LogP contribution in [0.3, 0.4) is 0 Å². The molecule has 0 spiro atoms. The van der Waals surface area contributed by atoms with Crippen molar-refractivity contribution in [3.8, 4) is 11.5 Å². The highest BCUT2D eigenvalue weighted by atomic mass is 35.5. The summed E-state index contributed by atoms with van der Waals surface area (Å²) < 4.78 is 34.3.